The molecule has 0 amide bonds. The monoisotopic (exact) mass is 421 g/mol. The Bertz CT molecular complexity index is 844. The Balaban J connectivity index is 1.63. The molecule has 2 fully saturated rings. The Labute approximate surface area is 175 Å². The van der Waals surface area contributed by atoms with Crippen molar-refractivity contribution in [2.45, 2.75) is 56.9 Å². The molecule has 3 heterocycles. The summed E-state index contributed by atoms with van der Waals surface area (Å²) in [6, 6.07) is 6.76. The van der Waals surface area contributed by atoms with Crippen molar-refractivity contribution in [3.8, 4) is 5.75 Å². The lowest BCUT2D eigenvalue weighted by atomic mass is 9.77. The number of nitrogens with zero attached hydrogens (tertiary/aromatic N) is 2. The van der Waals surface area contributed by atoms with Gasteiger partial charge in [-0.3, -0.25) is 4.90 Å². The Morgan fingerprint density at radius 2 is 2.07 bits per heavy atom. The number of hydrogen-bond acceptors (Lipinski definition) is 5. The molecule has 1 aromatic carbocycles. The fourth-order valence-corrected chi connectivity index (χ4v) is 7.68. The number of benzene rings is 1. The average Bonchev–Trinajstić information content (AvgIpc) is 2.75. The maximum atomic E-state index is 13.5. The molecular formula is C22H35N3O3S. The van der Waals surface area contributed by atoms with E-state index >= 15 is 0 Å². The molecule has 0 bridgehead atoms. The van der Waals surface area contributed by atoms with Crippen LogP contribution in [0.5, 0.6) is 5.75 Å². The van der Waals surface area contributed by atoms with Crippen LogP contribution in [0.3, 0.4) is 0 Å². The normalized spacial score (nSPS) is 30.0. The third-order valence-electron chi connectivity index (χ3n) is 7.59. The number of nitrogens with two attached hydrogens (primary N) is 1. The minimum Gasteiger partial charge on any atom is -0.497 e. The standard InChI is InChI=1S/C22H35N3O3S/c1-15(13-23)16(2)29(26,27)25-9-4-5-18-14-24-10-8-17-11-19(28-3)6-7-20(17)22(24)12-21(18)25/h6-7,11,15-16,18,21-22H,4-5,8-10,12-14,23H2,1-3H3/t15?,16?,18-,21+,22+/m1/s1. The molecule has 0 aliphatic carbocycles. The highest BCUT2D eigenvalue weighted by atomic mass is 32.2. The highest BCUT2D eigenvalue weighted by molar-refractivity contribution is 7.89. The maximum absolute atomic E-state index is 13.5. The minimum absolute atomic E-state index is 0.0386. The van der Waals surface area contributed by atoms with Crippen LogP contribution in [0.1, 0.15) is 50.3 Å². The van der Waals surface area contributed by atoms with E-state index < -0.39 is 15.3 Å². The molecule has 7 heteroatoms. The van der Waals surface area contributed by atoms with Gasteiger partial charge in [0, 0.05) is 31.7 Å². The van der Waals surface area contributed by atoms with E-state index in [0.29, 0.717) is 25.0 Å². The Morgan fingerprint density at radius 1 is 1.28 bits per heavy atom. The molecule has 6 nitrogen and oxygen atoms in total. The SMILES string of the molecule is COc1ccc2c(c1)CCN1C[C@H]3CCCN(S(=O)(=O)C(C)C(C)CN)[C@H]3C[C@@H]21. The van der Waals surface area contributed by atoms with Crippen molar-refractivity contribution in [1.82, 2.24) is 9.21 Å². The van der Waals surface area contributed by atoms with Crippen molar-refractivity contribution in [2.24, 2.45) is 17.6 Å². The van der Waals surface area contributed by atoms with E-state index in [-0.39, 0.29) is 12.0 Å². The van der Waals surface area contributed by atoms with Crippen molar-refractivity contribution in [2.75, 3.05) is 33.3 Å². The zero-order chi connectivity index (χ0) is 20.8. The first-order valence-corrected chi connectivity index (χ1v) is 12.5. The smallest absolute Gasteiger partial charge is 0.217 e. The second-order valence-corrected chi connectivity index (χ2v) is 11.3. The molecule has 0 spiro atoms. The first-order valence-electron chi connectivity index (χ1n) is 11.0. The van der Waals surface area contributed by atoms with Gasteiger partial charge in [0.05, 0.1) is 12.4 Å². The number of methoxy groups -OCH3 is 1. The maximum Gasteiger partial charge on any atom is 0.217 e. The number of ether oxygens (including phenoxy) is 1. The summed E-state index contributed by atoms with van der Waals surface area (Å²) in [7, 11) is -1.65. The van der Waals surface area contributed by atoms with Crippen molar-refractivity contribution in [1.29, 1.82) is 0 Å². The van der Waals surface area contributed by atoms with Gasteiger partial charge in [0.15, 0.2) is 0 Å². The third-order valence-corrected chi connectivity index (χ3v) is 10.1. The summed E-state index contributed by atoms with van der Waals surface area (Å²) in [5, 5.41) is -0.438. The van der Waals surface area contributed by atoms with Crippen molar-refractivity contribution in [3.05, 3.63) is 29.3 Å². The van der Waals surface area contributed by atoms with E-state index in [4.69, 9.17) is 10.5 Å². The topological polar surface area (TPSA) is 75.9 Å². The molecule has 4 rings (SSSR count). The van der Waals surface area contributed by atoms with Crippen LogP contribution in [0, 0.1) is 11.8 Å². The second-order valence-electron chi connectivity index (χ2n) is 9.10. The number of rotatable bonds is 5. The lowest BCUT2D eigenvalue weighted by Gasteiger charge is -2.52. The summed E-state index contributed by atoms with van der Waals surface area (Å²) < 4.78 is 34.2. The summed E-state index contributed by atoms with van der Waals surface area (Å²) >= 11 is 0. The molecule has 5 atom stereocenters. The van der Waals surface area contributed by atoms with Gasteiger partial charge in [0.2, 0.25) is 10.0 Å². The van der Waals surface area contributed by atoms with Gasteiger partial charge in [-0.05, 0) is 74.2 Å². The molecular weight excluding hydrogens is 386 g/mol. The molecule has 2 unspecified atom stereocenters. The summed E-state index contributed by atoms with van der Waals surface area (Å²) in [5.41, 5.74) is 8.49. The fourth-order valence-electron chi connectivity index (χ4n) is 5.53. The zero-order valence-electron chi connectivity index (χ0n) is 17.9. The van der Waals surface area contributed by atoms with Crippen LogP contribution in [-0.2, 0) is 16.4 Å². The van der Waals surface area contributed by atoms with E-state index in [1.165, 1.54) is 11.1 Å². The highest BCUT2D eigenvalue weighted by Crippen LogP contribution is 2.44. The van der Waals surface area contributed by atoms with Crippen LogP contribution < -0.4 is 10.5 Å². The molecule has 3 aliphatic rings. The van der Waals surface area contributed by atoms with Crippen molar-refractivity contribution in [3.63, 3.8) is 0 Å². The fraction of sp³-hybridized carbons (Fsp3) is 0.727. The van der Waals surface area contributed by atoms with E-state index in [0.717, 1.165) is 44.5 Å². The van der Waals surface area contributed by atoms with Gasteiger partial charge in [0.1, 0.15) is 5.75 Å². The molecule has 2 saturated heterocycles. The van der Waals surface area contributed by atoms with Crippen LogP contribution in [0.15, 0.2) is 18.2 Å². The summed E-state index contributed by atoms with van der Waals surface area (Å²) in [6.07, 6.45) is 3.99. The largest absolute Gasteiger partial charge is 0.497 e. The van der Waals surface area contributed by atoms with Crippen LogP contribution in [0.25, 0.3) is 0 Å². The lowest BCUT2D eigenvalue weighted by Crippen LogP contribution is -2.59. The van der Waals surface area contributed by atoms with E-state index in [9.17, 15) is 8.42 Å². The van der Waals surface area contributed by atoms with Gasteiger partial charge >= 0.3 is 0 Å². The van der Waals surface area contributed by atoms with Crippen molar-refractivity contribution >= 4 is 10.0 Å². The molecule has 0 radical (unpaired) electrons. The van der Waals surface area contributed by atoms with Gasteiger partial charge in [0.25, 0.3) is 0 Å². The summed E-state index contributed by atoms with van der Waals surface area (Å²) in [6.45, 7) is 6.85. The third kappa shape index (κ3) is 3.71. The molecule has 1 aromatic rings. The molecule has 162 valence electrons. The summed E-state index contributed by atoms with van der Waals surface area (Å²) in [4.78, 5) is 2.58. The van der Waals surface area contributed by atoms with Crippen LogP contribution in [-0.4, -0.2) is 62.2 Å². The lowest BCUT2D eigenvalue weighted by molar-refractivity contribution is 0.0214. The van der Waals surface area contributed by atoms with Crippen LogP contribution >= 0.6 is 0 Å². The predicted molar refractivity (Wildman–Crippen MR) is 115 cm³/mol. The Morgan fingerprint density at radius 3 is 2.79 bits per heavy atom. The second kappa shape index (κ2) is 8.17. The molecule has 3 aliphatic heterocycles. The molecule has 0 aromatic heterocycles. The predicted octanol–water partition coefficient (Wildman–Crippen LogP) is 2.39. The first-order chi connectivity index (χ1) is 13.9. The zero-order valence-corrected chi connectivity index (χ0v) is 18.7. The van der Waals surface area contributed by atoms with E-state index in [1.54, 1.807) is 7.11 Å². The minimum atomic E-state index is -3.35. The van der Waals surface area contributed by atoms with Gasteiger partial charge in [-0.25, -0.2) is 8.42 Å². The van der Waals surface area contributed by atoms with E-state index in [2.05, 4.69) is 17.0 Å². The molecule has 29 heavy (non-hydrogen) atoms. The summed E-state index contributed by atoms with van der Waals surface area (Å²) in [5.74, 6) is 1.29. The van der Waals surface area contributed by atoms with Gasteiger partial charge < -0.3 is 10.5 Å². The van der Waals surface area contributed by atoms with Gasteiger partial charge in [-0.1, -0.05) is 13.0 Å². The number of hydrogen-bond donors (Lipinski definition) is 1. The first kappa shape index (κ1) is 21.1. The Kier molecular flexibility index (Phi) is 5.95. The highest BCUT2D eigenvalue weighted by Gasteiger charge is 2.47. The quantitative estimate of drug-likeness (QED) is 0.790. The average molecular weight is 422 g/mol. The number of piperidine rings is 2. The number of sulfonamides is 1. The van der Waals surface area contributed by atoms with Gasteiger partial charge in [-0.2, -0.15) is 4.31 Å². The van der Waals surface area contributed by atoms with Crippen molar-refractivity contribution < 1.29 is 13.2 Å². The van der Waals surface area contributed by atoms with Crippen LogP contribution in [0.4, 0.5) is 0 Å². The van der Waals surface area contributed by atoms with Crippen LogP contribution in [0.2, 0.25) is 0 Å². The van der Waals surface area contributed by atoms with Gasteiger partial charge in [-0.15, -0.1) is 0 Å². The number of fused-ring (bicyclic) bond motifs is 4. The molecule has 0 saturated carbocycles. The van der Waals surface area contributed by atoms with E-state index in [1.807, 2.05) is 24.2 Å². The Hall–Kier alpha value is -1.15. The molecule has 2 N–H and O–H groups in total.